The van der Waals surface area contributed by atoms with Crippen LogP contribution in [0, 0.1) is 19.5 Å². The van der Waals surface area contributed by atoms with Crippen molar-refractivity contribution in [3.05, 3.63) is 59.6 Å². The molecule has 2 amide bonds. The van der Waals surface area contributed by atoms with Crippen molar-refractivity contribution in [2.75, 3.05) is 13.7 Å². The Kier molecular flexibility index (Phi) is 8.20. The first-order valence-corrected chi connectivity index (χ1v) is 12.0. The summed E-state index contributed by atoms with van der Waals surface area (Å²) in [4.78, 5) is 25.7. The van der Waals surface area contributed by atoms with Gasteiger partial charge >= 0.3 is 0 Å². The van der Waals surface area contributed by atoms with Gasteiger partial charge in [0, 0.05) is 5.56 Å². The van der Waals surface area contributed by atoms with Gasteiger partial charge in [0.25, 0.3) is 11.8 Å². The molecule has 158 valence electrons. The first-order chi connectivity index (χ1) is 14.8. The molecule has 1 fully saturated rings. The molecule has 1 N–H and O–H groups in total. The lowest BCUT2D eigenvalue weighted by Crippen LogP contribution is -2.44. The van der Waals surface area contributed by atoms with Crippen molar-refractivity contribution in [2.24, 2.45) is 0 Å². The lowest BCUT2D eigenvalue weighted by molar-refractivity contribution is -0.123. The van der Waals surface area contributed by atoms with Gasteiger partial charge < -0.3 is 9.47 Å². The lowest BCUT2D eigenvalue weighted by Gasteiger charge is -2.15. The van der Waals surface area contributed by atoms with Crippen LogP contribution in [-0.2, 0) is 4.79 Å². The summed E-state index contributed by atoms with van der Waals surface area (Å²) in [6.07, 6.45) is 6.99. The molecule has 1 saturated heterocycles. The van der Waals surface area contributed by atoms with Crippen LogP contribution in [0.25, 0.3) is 6.08 Å². The van der Waals surface area contributed by atoms with Gasteiger partial charge in [-0.2, -0.15) is 5.01 Å². The fourth-order valence-electron chi connectivity index (χ4n) is 2.54. The number of amides is 2. The van der Waals surface area contributed by atoms with E-state index in [9.17, 15) is 9.59 Å². The summed E-state index contributed by atoms with van der Waals surface area (Å²) in [5.41, 5.74) is 3.75. The largest absolute Gasteiger partial charge is 0.497 e. The number of benzene rings is 2. The molecule has 6 nitrogen and oxygen atoms in total. The highest BCUT2D eigenvalue weighted by atomic mass is 127. The molecule has 0 aromatic heterocycles. The van der Waals surface area contributed by atoms with Crippen LogP contribution in [0.4, 0.5) is 0 Å². The van der Waals surface area contributed by atoms with E-state index < -0.39 is 11.8 Å². The van der Waals surface area contributed by atoms with Crippen LogP contribution < -0.4 is 14.9 Å². The van der Waals surface area contributed by atoms with E-state index in [1.54, 1.807) is 37.5 Å². The van der Waals surface area contributed by atoms with E-state index in [-0.39, 0.29) is 10.9 Å². The fraction of sp³-hybridized carbons (Fsp3) is 0.0952. The van der Waals surface area contributed by atoms with E-state index in [0.29, 0.717) is 22.0 Å². The molecule has 0 unspecified atom stereocenters. The van der Waals surface area contributed by atoms with Crippen LogP contribution in [0.3, 0.4) is 0 Å². The number of thioether (sulfide) groups is 1. The van der Waals surface area contributed by atoms with Gasteiger partial charge in [0.2, 0.25) is 0 Å². The van der Waals surface area contributed by atoms with Gasteiger partial charge in [-0.1, -0.05) is 17.7 Å². The SMILES string of the molecule is C#CCOc1c(I)cc(/C=C2\SC(=S)N(NC(=O)c3ccc(OC)cc3)C2=O)cc1I. The second-order valence-corrected chi connectivity index (χ2v) is 9.99. The van der Waals surface area contributed by atoms with Gasteiger partial charge in [0.05, 0.1) is 19.2 Å². The van der Waals surface area contributed by atoms with E-state index in [4.69, 9.17) is 28.1 Å². The highest BCUT2D eigenvalue weighted by Crippen LogP contribution is 2.34. The summed E-state index contributed by atoms with van der Waals surface area (Å²) >= 11 is 10.7. The molecular weight excluding hydrogens is 662 g/mol. The Morgan fingerprint density at radius 2 is 1.94 bits per heavy atom. The first-order valence-electron chi connectivity index (χ1n) is 8.62. The number of halogens is 2. The third-order valence-corrected chi connectivity index (χ3v) is 6.88. The maximum absolute atomic E-state index is 12.8. The van der Waals surface area contributed by atoms with Crippen LogP contribution in [0.2, 0.25) is 0 Å². The Bertz CT molecular complexity index is 1100. The number of ether oxygens (including phenoxy) is 2. The molecular formula is C21H14I2N2O4S2. The zero-order valence-electron chi connectivity index (χ0n) is 16.0. The molecule has 3 rings (SSSR count). The lowest BCUT2D eigenvalue weighted by atomic mass is 10.2. The Morgan fingerprint density at radius 3 is 2.52 bits per heavy atom. The maximum atomic E-state index is 12.8. The number of thiocarbonyl (C=S) groups is 1. The van der Waals surface area contributed by atoms with Gasteiger partial charge in [-0.15, -0.1) is 6.42 Å². The highest BCUT2D eigenvalue weighted by molar-refractivity contribution is 14.1. The summed E-state index contributed by atoms with van der Waals surface area (Å²) in [6.45, 7) is 0.178. The van der Waals surface area contributed by atoms with Crippen molar-refractivity contribution in [3.63, 3.8) is 0 Å². The normalized spacial score (nSPS) is 14.5. The molecule has 0 atom stereocenters. The minimum atomic E-state index is -0.445. The molecule has 0 bridgehead atoms. The minimum Gasteiger partial charge on any atom is -0.497 e. The molecule has 2 aromatic carbocycles. The molecule has 2 aromatic rings. The quantitative estimate of drug-likeness (QED) is 0.211. The smallest absolute Gasteiger partial charge is 0.285 e. The van der Waals surface area contributed by atoms with Crippen LogP contribution in [0.5, 0.6) is 11.5 Å². The summed E-state index contributed by atoms with van der Waals surface area (Å²) in [5, 5.41) is 1.08. The van der Waals surface area contributed by atoms with Gasteiger partial charge in [0.15, 0.2) is 4.32 Å². The molecule has 10 heteroatoms. The van der Waals surface area contributed by atoms with E-state index in [0.717, 1.165) is 29.5 Å². The number of hydrogen-bond donors (Lipinski definition) is 1. The first kappa shape index (κ1) is 23.8. The zero-order valence-corrected chi connectivity index (χ0v) is 21.9. The van der Waals surface area contributed by atoms with Crippen LogP contribution >= 0.6 is 69.2 Å². The van der Waals surface area contributed by atoms with Gasteiger partial charge in [-0.25, -0.2) is 0 Å². The highest BCUT2D eigenvalue weighted by Gasteiger charge is 2.33. The molecule has 1 aliphatic rings. The summed E-state index contributed by atoms with van der Waals surface area (Å²) < 4.78 is 12.6. The van der Waals surface area contributed by atoms with Crippen molar-refractivity contribution in [1.82, 2.24) is 10.4 Å². The topological polar surface area (TPSA) is 67.9 Å². The molecule has 0 saturated carbocycles. The number of hydrogen-bond acceptors (Lipinski definition) is 6. The summed E-state index contributed by atoms with van der Waals surface area (Å²) in [7, 11) is 1.54. The van der Waals surface area contributed by atoms with Gasteiger partial charge in [-0.05, 0) is 105 Å². The van der Waals surface area contributed by atoms with E-state index in [1.807, 2.05) is 12.1 Å². The summed E-state index contributed by atoms with van der Waals surface area (Å²) in [6, 6.07) is 10.3. The van der Waals surface area contributed by atoms with Crippen molar-refractivity contribution >= 4 is 91.4 Å². The third kappa shape index (κ3) is 5.71. The Balaban J connectivity index is 1.77. The Hall–Kier alpha value is -1.82. The number of hydrazine groups is 1. The summed E-state index contributed by atoms with van der Waals surface area (Å²) in [5.74, 6) is 2.94. The van der Waals surface area contributed by atoms with Gasteiger partial charge in [0.1, 0.15) is 18.1 Å². The van der Waals surface area contributed by atoms with Crippen LogP contribution in [-0.4, -0.2) is 34.9 Å². The van der Waals surface area contributed by atoms with Crippen molar-refractivity contribution in [1.29, 1.82) is 0 Å². The number of terminal acetylenes is 1. The van der Waals surface area contributed by atoms with Crippen molar-refractivity contribution < 1.29 is 19.1 Å². The molecule has 0 aliphatic carbocycles. The zero-order chi connectivity index (χ0) is 22.5. The number of carbonyl (C=O) groups is 2. The van der Waals surface area contributed by atoms with Crippen LogP contribution in [0.1, 0.15) is 15.9 Å². The minimum absolute atomic E-state index is 0.178. The predicted octanol–water partition coefficient (Wildman–Crippen LogP) is 4.46. The molecule has 0 radical (unpaired) electrons. The molecule has 1 aliphatic heterocycles. The second kappa shape index (κ2) is 10.7. The Labute approximate surface area is 216 Å². The standard InChI is InChI=1S/C21H14I2N2O4S2/c1-3-8-29-18-15(22)9-12(10-16(18)23)11-17-20(27)25(21(30)31-17)24-19(26)13-4-6-14(28-2)7-5-13/h1,4-7,9-11H,8H2,2H3,(H,24,26)/b17-11-. The van der Waals surface area contributed by atoms with E-state index in [2.05, 4.69) is 56.5 Å². The predicted molar refractivity (Wildman–Crippen MR) is 142 cm³/mol. The van der Waals surface area contributed by atoms with Crippen molar-refractivity contribution in [3.8, 4) is 23.8 Å². The van der Waals surface area contributed by atoms with E-state index in [1.165, 1.54) is 0 Å². The average Bonchev–Trinajstić information content (AvgIpc) is 3.00. The fourth-order valence-corrected chi connectivity index (χ4v) is 5.85. The number of rotatable bonds is 6. The third-order valence-electron chi connectivity index (χ3n) is 3.98. The van der Waals surface area contributed by atoms with E-state index >= 15 is 0 Å². The number of nitrogens with zero attached hydrogens (tertiary/aromatic N) is 1. The van der Waals surface area contributed by atoms with Gasteiger partial charge in [-0.3, -0.25) is 15.0 Å². The molecule has 0 spiro atoms. The molecule has 31 heavy (non-hydrogen) atoms. The van der Waals surface area contributed by atoms with Crippen molar-refractivity contribution in [2.45, 2.75) is 0 Å². The van der Waals surface area contributed by atoms with Crippen LogP contribution in [0.15, 0.2) is 41.3 Å². The number of carbonyl (C=O) groups excluding carboxylic acids is 2. The maximum Gasteiger partial charge on any atom is 0.285 e. The average molecular weight is 676 g/mol. The monoisotopic (exact) mass is 676 g/mol. The number of nitrogens with one attached hydrogen (secondary N) is 1. The Morgan fingerprint density at radius 1 is 1.29 bits per heavy atom. The molecule has 1 heterocycles. The second-order valence-electron chi connectivity index (χ2n) is 5.99. The number of methoxy groups -OCH3 is 1.